The molecule has 2 aromatic rings. The van der Waals surface area contributed by atoms with E-state index in [-0.39, 0.29) is 0 Å². The number of hydrogen-bond donors (Lipinski definition) is 1. The van der Waals surface area contributed by atoms with Gasteiger partial charge in [0.1, 0.15) is 4.88 Å². The van der Waals surface area contributed by atoms with Gasteiger partial charge in [0, 0.05) is 12.7 Å². The fourth-order valence-electron chi connectivity index (χ4n) is 1.14. The lowest BCUT2D eigenvalue weighted by molar-refractivity contribution is 0.0702. The van der Waals surface area contributed by atoms with Gasteiger partial charge in [-0.05, 0) is 62.1 Å². The quantitative estimate of drug-likeness (QED) is 0.758. The highest BCUT2D eigenvalue weighted by atomic mass is 127. The summed E-state index contributed by atoms with van der Waals surface area (Å²) >= 11 is 6.93. The van der Waals surface area contributed by atoms with Crippen molar-refractivity contribution in [3.63, 3.8) is 0 Å². The summed E-state index contributed by atoms with van der Waals surface area (Å²) in [4.78, 5) is 11.1. The Balaban J connectivity index is 2.72. The average Bonchev–Trinajstić information content (AvgIpc) is 2.48. The van der Waals surface area contributed by atoms with Crippen molar-refractivity contribution in [1.29, 1.82) is 0 Å². The van der Waals surface area contributed by atoms with Gasteiger partial charge in [0.25, 0.3) is 0 Å². The Morgan fingerprint density at radius 3 is 2.79 bits per heavy atom. The number of carboxylic acids is 1. The number of thiophene rings is 1. The first-order valence-corrected chi connectivity index (χ1v) is 6.38. The Bertz CT molecular complexity index is 482. The lowest BCUT2D eigenvalue weighted by Gasteiger charge is -1.94. The number of carbonyl (C=O) groups is 1. The standard InChI is InChI=1S/C9H4BrIO2S/c10-5-1-4-2-8(9(12)13)14-7(4)3-6(5)11/h1-3H,(H,12,13). The molecule has 1 N–H and O–H groups in total. The number of carboxylic acid groups (broad SMARTS) is 1. The SMILES string of the molecule is O=C(O)c1cc2cc(Br)c(I)cc2s1. The number of benzene rings is 1. The maximum absolute atomic E-state index is 10.7. The molecule has 0 amide bonds. The minimum atomic E-state index is -0.864. The van der Waals surface area contributed by atoms with Crippen LogP contribution in [0.2, 0.25) is 0 Å². The van der Waals surface area contributed by atoms with Crippen LogP contribution in [0, 0.1) is 3.57 Å². The molecule has 2 rings (SSSR count). The number of aromatic carboxylic acids is 1. The van der Waals surface area contributed by atoms with Crippen molar-refractivity contribution < 1.29 is 9.90 Å². The van der Waals surface area contributed by atoms with E-state index in [9.17, 15) is 4.79 Å². The normalized spacial score (nSPS) is 10.7. The van der Waals surface area contributed by atoms with Gasteiger partial charge in [-0.3, -0.25) is 0 Å². The molecule has 0 saturated carbocycles. The third-order valence-corrected chi connectivity index (χ3v) is 5.15. The first-order valence-electron chi connectivity index (χ1n) is 3.70. The average molecular weight is 383 g/mol. The third-order valence-electron chi connectivity index (χ3n) is 1.77. The fraction of sp³-hybridized carbons (Fsp3) is 0. The van der Waals surface area contributed by atoms with Gasteiger partial charge in [-0.1, -0.05) is 0 Å². The highest BCUT2D eigenvalue weighted by molar-refractivity contribution is 14.1. The molecule has 2 nitrogen and oxygen atoms in total. The van der Waals surface area contributed by atoms with Gasteiger partial charge in [0.05, 0.1) is 0 Å². The Morgan fingerprint density at radius 2 is 2.14 bits per heavy atom. The van der Waals surface area contributed by atoms with Crippen LogP contribution in [0.5, 0.6) is 0 Å². The highest BCUT2D eigenvalue weighted by Gasteiger charge is 2.09. The molecule has 0 aliphatic heterocycles. The minimum absolute atomic E-state index is 0.383. The summed E-state index contributed by atoms with van der Waals surface area (Å²) in [7, 11) is 0. The van der Waals surface area contributed by atoms with E-state index in [1.165, 1.54) is 11.3 Å². The molecule has 1 heterocycles. The van der Waals surface area contributed by atoms with Crippen LogP contribution in [0.15, 0.2) is 22.7 Å². The van der Waals surface area contributed by atoms with Crippen molar-refractivity contribution in [1.82, 2.24) is 0 Å². The number of halogens is 2. The van der Waals surface area contributed by atoms with Crippen LogP contribution in [0.4, 0.5) is 0 Å². The van der Waals surface area contributed by atoms with Crippen LogP contribution in [0.25, 0.3) is 10.1 Å². The van der Waals surface area contributed by atoms with E-state index in [1.807, 2.05) is 12.1 Å². The Morgan fingerprint density at radius 1 is 1.43 bits per heavy atom. The molecule has 0 unspecified atom stereocenters. The monoisotopic (exact) mass is 382 g/mol. The summed E-state index contributed by atoms with van der Waals surface area (Å²) in [5, 5.41) is 9.79. The van der Waals surface area contributed by atoms with E-state index in [4.69, 9.17) is 5.11 Å². The third kappa shape index (κ3) is 1.80. The first kappa shape index (κ1) is 10.4. The van der Waals surface area contributed by atoms with E-state index in [0.717, 1.165) is 18.1 Å². The van der Waals surface area contributed by atoms with Gasteiger partial charge >= 0.3 is 5.97 Å². The predicted molar refractivity (Wildman–Crippen MR) is 69.2 cm³/mol. The van der Waals surface area contributed by atoms with E-state index in [0.29, 0.717) is 4.88 Å². The van der Waals surface area contributed by atoms with Gasteiger partial charge in [-0.25, -0.2) is 4.79 Å². The van der Waals surface area contributed by atoms with Crippen LogP contribution < -0.4 is 0 Å². The van der Waals surface area contributed by atoms with Crippen molar-refractivity contribution in [2.75, 3.05) is 0 Å². The highest BCUT2D eigenvalue weighted by Crippen LogP contribution is 2.31. The summed E-state index contributed by atoms with van der Waals surface area (Å²) in [6, 6.07) is 5.63. The van der Waals surface area contributed by atoms with Gasteiger partial charge in [-0.15, -0.1) is 11.3 Å². The minimum Gasteiger partial charge on any atom is -0.477 e. The zero-order valence-electron chi connectivity index (χ0n) is 6.75. The maximum atomic E-state index is 10.7. The molecule has 1 aromatic heterocycles. The largest absolute Gasteiger partial charge is 0.477 e. The van der Waals surface area contributed by atoms with Crippen LogP contribution in [-0.4, -0.2) is 11.1 Å². The lowest BCUT2D eigenvalue weighted by Crippen LogP contribution is -1.89. The summed E-state index contributed by atoms with van der Waals surface area (Å²) < 4.78 is 3.10. The molecule has 0 atom stereocenters. The van der Waals surface area contributed by atoms with E-state index in [1.54, 1.807) is 6.07 Å². The smallest absolute Gasteiger partial charge is 0.345 e. The van der Waals surface area contributed by atoms with Crippen molar-refractivity contribution in [2.45, 2.75) is 0 Å². The molecule has 72 valence electrons. The van der Waals surface area contributed by atoms with Crippen LogP contribution in [-0.2, 0) is 0 Å². The predicted octanol–water partition coefficient (Wildman–Crippen LogP) is 3.97. The number of hydrogen-bond acceptors (Lipinski definition) is 2. The van der Waals surface area contributed by atoms with Crippen molar-refractivity contribution in [3.8, 4) is 0 Å². The van der Waals surface area contributed by atoms with Gasteiger partial charge in [0.15, 0.2) is 0 Å². The van der Waals surface area contributed by atoms with E-state index in [2.05, 4.69) is 38.5 Å². The molecular formula is C9H4BrIO2S. The molecule has 0 saturated heterocycles. The lowest BCUT2D eigenvalue weighted by atomic mass is 10.2. The van der Waals surface area contributed by atoms with Gasteiger partial charge in [0.2, 0.25) is 0 Å². The number of rotatable bonds is 1. The zero-order chi connectivity index (χ0) is 10.3. The van der Waals surface area contributed by atoms with E-state index >= 15 is 0 Å². The Labute approximate surface area is 106 Å². The molecule has 0 spiro atoms. The second-order valence-electron chi connectivity index (χ2n) is 2.72. The molecular weight excluding hydrogens is 379 g/mol. The summed E-state index contributed by atoms with van der Waals surface area (Å²) in [6.07, 6.45) is 0. The van der Waals surface area contributed by atoms with Crippen LogP contribution >= 0.6 is 49.9 Å². The molecule has 14 heavy (non-hydrogen) atoms. The van der Waals surface area contributed by atoms with Crippen LogP contribution in [0.3, 0.4) is 0 Å². The number of fused-ring (bicyclic) bond motifs is 1. The Hall–Kier alpha value is -0.140. The zero-order valence-corrected chi connectivity index (χ0v) is 11.3. The van der Waals surface area contributed by atoms with Crippen molar-refractivity contribution in [3.05, 3.63) is 31.1 Å². The summed E-state index contributed by atoms with van der Waals surface area (Å²) in [5.41, 5.74) is 0. The van der Waals surface area contributed by atoms with Gasteiger partial charge in [-0.2, -0.15) is 0 Å². The topological polar surface area (TPSA) is 37.3 Å². The van der Waals surface area contributed by atoms with Crippen molar-refractivity contribution in [2.24, 2.45) is 0 Å². The van der Waals surface area contributed by atoms with Crippen LogP contribution in [0.1, 0.15) is 9.67 Å². The second kappa shape index (κ2) is 3.79. The first-order chi connectivity index (χ1) is 6.58. The molecule has 0 fully saturated rings. The summed E-state index contributed by atoms with van der Waals surface area (Å²) in [6.45, 7) is 0. The molecule has 0 aliphatic rings. The molecule has 0 radical (unpaired) electrons. The molecule has 0 aliphatic carbocycles. The maximum Gasteiger partial charge on any atom is 0.345 e. The second-order valence-corrected chi connectivity index (χ2v) is 5.82. The molecule has 5 heteroatoms. The van der Waals surface area contributed by atoms with Gasteiger partial charge < -0.3 is 5.11 Å². The Kier molecular flexibility index (Phi) is 2.81. The molecule has 1 aromatic carbocycles. The van der Waals surface area contributed by atoms with Crippen molar-refractivity contribution >= 4 is 65.9 Å². The van der Waals surface area contributed by atoms with E-state index < -0.39 is 5.97 Å². The fourth-order valence-corrected chi connectivity index (χ4v) is 3.10. The molecule has 0 bridgehead atoms. The summed E-state index contributed by atoms with van der Waals surface area (Å²) in [5.74, 6) is -0.864.